The number of rotatable bonds is 57. The van der Waals surface area contributed by atoms with Crippen LogP contribution in [0.15, 0.2) is 97.2 Å². The maximum atomic E-state index is 12.8. The average Bonchev–Trinajstić information content (AvgIpc) is 3.41. The molecule has 6 heteroatoms. The number of carbonyl (C=O) groups is 3. The summed E-state index contributed by atoms with van der Waals surface area (Å²) in [5, 5.41) is 0. The van der Waals surface area contributed by atoms with Gasteiger partial charge in [0.15, 0.2) is 6.10 Å². The molecule has 0 aliphatic rings. The predicted molar refractivity (Wildman–Crippen MR) is 325 cm³/mol. The summed E-state index contributed by atoms with van der Waals surface area (Å²) < 4.78 is 16.8. The molecule has 0 heterocycles. The van der Waals surface area contributed by atoms with E-state index in [9.17, 15) is 14.4 Å². The van der Waals surface area contributed by atoms with E-state index >= 15 is 0 Å². The van der Waals surface area contributed by atoms with Crippen molar-refractivity contribution in [2.45, 2.75) is 309 Å². The first-order chi connectivity index (χ1) is 37.0. The van der Waals surface area contributed by atoms with Crippen LogP contribution >= 0.6 is 0 Å². The summed E-state index contributed by atoms with van der Waals surface area (Å²) in [5.41, 5.74) is 0. The first kappa shape index (κ1) is 71.3. The molecular weight excluding hydrogens is 925 g/mol. The normalized spacial score (nSPS) is 12.7. The molecule has 0 saturated heterocycles. The number of allylic oxidation sites excluding steroid dienone is 16. The highest BCUT2D eigenvalue weighted by atomic mass is 16.6. The lowest BCUT2D eigenvalue weighted by atomic mass is 10.0. The lowest BCUT2D eigenvalue weighted by Crippen LogP contribution is -2.30. The quantitative estimate of drug-likeness (QED) is 0.0261. The molecule has 0 spiro atoms. The van der Waals surface area contributed by atoms with Gasteiger partial charge >= 0.3 is 17.9 Å². The second-order valence-corrected chi connectivity index (χ2v) is 20.9. The lowest BCUT2D eigenvalue weighted by Gasteiger charge is -2.18. The fourth-order valence-electron chi connectivity index (χ4n) is 8.83. The molecule has 6 nitrogen and oxygen atoms in total. The van der Waals surface area contributed by atoms with Crippen LogP contribution in [0.4, 0.5) is 0 Å². The van der Waals surface area contributed by atoms with Crippen molar-refractivity contribution < 1.29 is 28.6 Å². The average molecular weight is 1040 g/mol. The molecule has 0 rings (SSSR count). The standard InChI is InChI=1S/C69H118O6/c1-4-7-10-13-15-17-19-21-23-25-27-29-31-33-34-36-37-39-41-43-45-47-49-51-53-56-59-62-68(71)74-65-66(64-73-67(70)61-58-55-12-9-6-3)75-69(72)63-60-57-54-52-50-48-46-44-42-40-38-35-32-30-28-26-24-22-20-18-16-14-11-8-5-2/h7,10,15,17,20-23,26-29,32-35,66H,4-6,8-9,11-14,16,18-19,24-25,30-31,36-65H2,1-3H3/b10-7-,17-15-,22-20-,23-21-,28-26-,29-27-,34-33-,35-32-. The fourth-order valence-corrected chi connectivity index (χ4v) is 8.83. The van der Waals surface area contributed by atoms with Crippen molar-refractivity contribution in [3.05, 3.63) is 97.2 Å². The molecule has 0 aromatic heterocycles. The summed E-state index contributed by atoms with van der Waals surface area (Å²) in [6, 6.07) is 0. The maximum absolute atomic E-state index is 12.8. The summed E-state index contributed by atoms with van der Waals surface area (Å²) in [7, 11) is 0. The van der Waals surface area contributed by atoms with E-state index in [0.717, 1.165) is 109 Å². The second-order valence-electron chi connectivity index (χ2n) is 20.9. The van der Waals surface area contributed by atoms with Crippen LogP contribution in [0.5, 0.6) is 0 Å². The number of hydrogen-bond donors (Lipinski definition) is 0. The molecule has 430 valence electrons. The van der Waals surface area contributed by atoms with Crippen molar-refractivity contribution in [3.63, 3.8) is 0 Å². The van der Waals surface area contributed by atoms with E-state index < -0.39 is 6.10 Å². The van der Waals surface area contributed by atoms with E-state index in [1.165, 1.54) is 154 Å². The van der Waals surface area contributed by atoms with Crippen molar-refractivity contribution in [1.29, 1.82) is 0 Å². The molecule has 0 N–H and O–H groups in total. The third kappa shape index (κ3) is 61.1. The van der Waals surface area contributed by atoms with Gasteiger partial charge in [-0.05, 0) is 103 Å². The van der Waals surface area contributed by atoms with Gasteiger partial charge in [-0.15, -0.1) is 0 Å². The minimum absolute atomic E-state index is 0.0795. The van der Waals surface area contributed by atoms with Gasteiger partial charge in [-0.25, -0.2) is 0 Å². The van der Waals surface area contributed by atoms with E-state index in [2.05, 4.69) is 118 Å². The Kier molecular flexibility index (Phi) is 59.8. The fraction of sp³-hybridized carbons (Fsp3) is 0.725. The molecule has 0 amide bonds. The highest BCUT2D eigenvalue weighted by Crippen LogP contribution is 2.16. The molecule has 1 unspecified atom stereocenters. The van der Waals surface area contributed by atoms with Crippen molar-refractivity contribution in [1.82, 2.24) is 0 Å². The maximum Gasteiger partial charge on any atom is 0.306 e. The number of hydrogen-bond acceptors (Lipinski definition) is 6. The van der Waals surface area contributed by atoms with E-state index in [-0.39, 0.29) is 31.1 Å². The van der Waals surface area contributed by atoms with Gasteiger partial charge in [0.05, 0.1) is 0 Å². The molecule has 0 aromatic rings. The Morgan fingerprint density at radius 2 is 0.520 bits per heavy atom. The monoisotopic (exact) mass is 1040 g/mol. The first-order valence-corrected chi connectivity index (χ1v) is 31.7. The zero-order valence-electron chi connectivity index (χ0n) is 49.3. The van der Waals surface area contributed by atoms with Crippen molar-refractivity contribution in [2.24, 2.45) is 0 Å². The van der Waals surface area contributed by atoms with Crippen molar-refractivity contribution in [3.8, 4) is 0 Å². The van der Waals surface area contributed by atoms with Crippen LogP contribution in [0, 0.1) is 0 Å². The van der Waals surface area contributed by atoms with Crippen LogP contribution in [-0.2, 0) is 28.6 Å². The number of carbonyl (C=O) groups excluding carboxylic acids is 3. The molecular formula is C69H118O6. The van der Waals surface area contributed by atoms with Gasteiger partial charge in [-0.1, -0.05) is 279 Å². The molecule has 75 heavy (non-hydrogen) atoms. The van der Waals surface area contributed by atoms with Gasteiger partial charge in [0.2, 0.25) is 0 Å². The Balaban J connectivity index is 4.07. The van der Waals surface area contributed by atoms with Gasteiger partial charge in [0, 0.05) is 19.3 Å². The number of unbranched alkanes of at least 4 members (excludes halogenated alkanes) is 30. The van der Waals surface area contributed by atoms with Gasteiger partial charge in [-0.3, -0.25) is 14.4 Å². The first-order valence-electron chi connectivity index (χ1n) is 31.7. The Morgan fingerprint density at radius 1 is 0.280 bits per heavy atom. The summed E-state index contributed by atoms with van der Waals surface area (Å²) in [6.45, 7) is 6.45. The third-order valence-electron chi connectivity index (χ3n) is 13.6. The summed E-state index contributed by atoms with van der Waals surface area (Å²) >= 11 is 0. The molecule has 1 atom stereocenters. The van der Waals surface area contributed by atoms with Gasteiger partial charge in [-0.2, -0.15) is 0 Å². The van der Waals surface area contributed by atoms with E-state index in [0.29, 0.717) is 19.3 Å². The highest BCUT2D eigenvalue weighted by molar-refractivity contribution is 5.71. The molecule has 0 aliphatic heterocycles. The van der Waals surface area contributed by atoms with E-state index in [1.54, 1.807) is 0 Å². The smallest absolute Gasteiger partial charge is 0.306 e. The molecule has 0 aliphatic carbocycles. The summed E-state index contributed by atoms with van der Waals surface area (Å²) in [5.74, 6) is -0.893. The molecule has 0 fully saturated rings. The molecule has 0 aromatic carbocycles. The van der Waals surface area contributed by atoms with E-state index in [4.69, 9.17) is 14.2 Å². The number of esters is 3. The van der Waals surface area contributed by atoms with Crippen LogP contribution in [0.25, 0.3) is 0 Å². The zero-order valence-corrected chi connectivity index (χ0v) is 49.3. The SMILES string of the molecule is CC/C=C\C/C=C\C/C=C\C/C=C\C/C=C\CCCCCCCCCCCCCC(=O)OCC(COC(=O)CCCCCCC)OC(=O)CCCCCCCCCCCC/C=C\C/C=C\C/C=C\CCCCCCC. The second kappa shape index (κ2) is 62.9. The van der Waals surface area contributed by atoms with E-state index in [1.807, 2.05) is 0 Å². The highest BCUT2D eigenvalue weighted by Gasteiger charge is 2.19. The van der Waals surface area contributed by atoms with Gasteiger partial charge in [0.1, 0.15) is 13.2 Å². The van der Waals surface area contributed by atoms with Crippen LogP contribution in [0.2, 0.25) is 0 Å². The minimum atomic E-state index is -0.778. The molecule has 0 saturated carbocycles. The Labute approximate surface area is 464 Å². The minimum Gasteiger partial charge on any atom is -0.462 e. The summed E-state index contributed by atoms with van der Waals surface area (Å²) in [4.78, 5) is 37.9. The van der Waals surface area contributed by atoms with Gasteiger partial charge in [0.25, 0.3) is 0 Å². The largest absolute Gasteiger partial charge is 0.462 e. The predicted octanol–water partition coefficient (Wildman–Crippen LogP) is 21.7. The molecule has 0 radical (unpaired) electrons. The van der Waals surface area contributed by atoms with Crippen molar-refractivity contribution >= 4 is 17.9 Å². The molecule has 0 bridgehead atoms. The Morgan fingerprint density at radius 3 is 0.813 bits per heavy atom. The topological polar surface area (TPSA) is 78.9 Å². The van der Waals surface area contributed by atoms with Crippen LogP contribution < -0.4 is 0 Å². The third-order valence-corrected chi connectivity index (χ3v) is 13.6. The van der Waals surface area contributed by atoms with Crippen LogP contribution in [0.1, 0.15) is 303 Å². The summed E-state index contributed by atoms with van der Waals surface area (Å²) in [6.07, 6.45) is 84.6. The lowest BCUT2D eigenvalue weighted by molar-refractivity contribution is -0.167. The van der Waals surface area contributed by atoms with Crippen LogP contribution in [-0.4, -0.2) is 37.2 Å². The van der Waals surface area contributed by atoms with Crippen molar-refractivity contribution in [2.75, 3.05) is 13.2 Å². The van der Waals surface area contributed by atoms with Gasteiger partial charge < -0.3 is 14.2 Å². The number of ether oxygens (including phenoxy) is 3. The Bertz CT molecular complexity index is 1480. The van der Waals surface area contributed by atoms with Crippen LogP contribution in [0.3, 0.4) is 0 Å². The zero-order chi connectivity index (χ0) is 54.3. The Hall–Kier alpha value is -3.67.